The van der Waals surface area contributed by atoms with Crippen molar-refractivity contribution in [3.8, 4) is 22.3 Å². The Morgan fingerprint density at radius 3 is 1.88 bits per heavy atom. The zero-order valence-electron chi connectivity index (χ0n) is 22.2. The number of carbonyl (C=O) groups excluding carboxylic acids is 1. The lowest BCUT2D eigenvalue weighted by molar-refractivity contribution is -0.139. The summed E-state index contributed by atoms with van der Waals surface area (Å²) in [5, 5.41) is 13.3. The minimum atomic E-state index is -1.12. The highest BCUT2D eigenvalue weighted by atomic mass is 16.4. The summed E-state index contributed by atoms with van der Waals surface area (Å²) < 4.78 is 6.30. The minimum Gasteiger partial charge on any atom is -0.479 e. The molecule has 0 spiro atoms. The molecule has 41 heavy (non-hydrogen) atoms. The normalized spacial score (nSPS) is 11.7. The van der Waals surface area contributed by atoms with E-state index in [1.807, 2.05) is 48.5 Å². The highest BCUT2D eigenvalue weighted by molar-refractivity contribution is 5.98. The molecule has 0 aliphatic carbocycles. The van der Waals surface area contributed by atoms with Gasteiger partial charge >= 0.3 is 5.97 Å². The zero-order chi connectivity index (χ0) is 28.2. The number of hydrogen-bond acceptors (Lipinski definition) is 3. The van der Waals surface area contributed by atoms with Crippen LogP contribution < -0.4 is 5.32 Å². The van der Waals surface area contributed by atoms with Gasteiger partial charge in [-0.05, 0) is 46.0 Å². The molecule has 6 rings (SSSR count). The first-order valence-corrected chi connectivity index (χ1v) is 13.4. The highest BCUT2D eigenvalue weighted by Gasteiger charge is 2.22. The molecule has 0 bridgehead atoms. The van der Waals surface area contributed by atoms with E-state index in [9.17, 15) is 14.7 Å². The number of benzene rings is 5. The van der Waals surface area contributed by atoms with Crippen LogP contribution >= 0.6 is 0 Å². The molecule has 200 valence electrons. The van der Waals surface area contributed by atoms with Gasteiger partial charge < -0.3 is 14.8 Å². The number of rotatable bonds is 8. The van der Waals surface area contributed by atoms with E-state index in [4.69, 9.17) is 4.42 Å². The van der Waals surface area contributed by atoms with Crippen molar-refractivity contribution < 1.29 is 19.1 Å². The molecule has 0 saturated heterocycles. The standard InChI is InChI=1S/C36H27NO4/c38-35(37-34(36(39)40)28-11-5-2-6-12-28)29-21-17-26(18-22-29)25-15-19-27(20-16-25)33-30-13-7-8-14-31(30)41-32(33)23-24-9-3-1-4-10-24/h1-22,34H,23H2,(H,37,38)(H,39,40). The van der Waals surface area contributed by atoms with Gasteiger partial charge in [-0.25, -0.2) is 4.79 Å². The lowest BCUT2D eigenvalue weighted by atomic mass is 9.96. The number of nitrogens with one attached hydrogen (secondary N) is 1. The Bertz CT molecular complexity index is 1810. The van der Waals surface area contributed by atoms with E-state index in [0.29, 0.717) is 17.5 Å². The third kappa shape index (κ3) is 5.52. The Hall–Kier alpha value is -5.42. The van der Waals surface area contributed by atoms with Crippen LogP contribution in [0.2, 0.25) is 0 Å². The van der Waals surface area contributed by atoms with Crippen LogP contribution in [-0.4, -0.2) is 17.0 Å². The molecule has 1 aromatic heterocycles. The molecular weight excluding hydrogens is 510 g/mol. The average molecular weight is 538 g/mol. The van der Waals surface area contributed by atoms with Crippen molar-refractivity contribution in [2.45, 2.75) is 12.5 Å². The van der Waals surface area contributed by atoms with Crippen molar-refractivity contribution in [2.24, 2.45) is 0 Å². The van der Waals surface area contributed by atoms with Crippen LogP contribution in [0.1, 0.15) is 33.3 Å². The van der Waals surface area contributed by atoms with Gasteiger partial charge in [0.05, 0.1) is 0 Å². The summed E-state index contributed by atoms with van der Waals surface area (Å²) in [6.07, 6.45) is 0.698. The third-order valence-electron chi connectivity index (χ3n) is 7.19. The minimum absolute atomic E-state index is 0.392. The maximum absolute atomic E-state index is 12.8. The topological polar surface area (TPSA) is 79.5 Å². The Morgan fingerprint density at radius 1 is 0.659 bits per heavy atom. The zero-order valence-corrected chi connectivity index (χ0v) is 22.2. The number of hydrogen-bond donors (Lipinski definition) is 2. The maximum atomic E-state index is 12.8. The molecule has 6 aromatic rings. The molecular formula is C36H27NO4. The Labute approximate surface area is 237 Å². The van der Waals surface area contributed by atoms with Gasteiger partial charge in [0, 0.05) is 22.9 Å². The largest absolute Gasteiger partial charge is 0.479 e. The van der Waals surface area contributed by atoms with Gasteiger partial charge in [0.2, 0.25) is 0 Å². The van der Waals surface area contributed by atoms with Crippen LogP contribution in [0.25, 0.3) is 33.2 Å². The molecule has 5 heteroatoms. The number of carboxylic acid groups (broad SMARTS) is 1. The Kier molecular flexibility index (Phi) is 7.16. The smallest absolute Gasteiger partial charge is 0.330 e. The van der Waals surface area contributed by atoms with Crippen LogP contribution in [0.5, 0.6) is 0 Å². The quantitative estimate of drug-likeness (QED) is 0.207. The predicted molar refractivity (Wildman–Crippen MR) is 161 cm³/mol. The van der Waals surface area contributed by atoms with Gasteiger partial charge in [-0.1, -0.05) is 115 Å². The second-order valence-electron chi connectivity index (χ2n) is 9.87. The molecule has 1 unspecified atom stereocenters. The molecule has 0 aliphatic rings. The van der Waals surface area contributed by atoms with Crippen LogP contribution in [0.4, 0.5) is 0 Å². The first-order valence-electron chi connectivity index (χ1n) is 13.4. The number of fused-ring (bicyclic) bond motifs is 1. The molecule has 0 fully saturated rings. The summed E-state index contributed by atoms with van der Waals surface area (Å²) in [4.78, 5) is 24.6. The molecule has 1 atom stereocenters. The lowest BCUT2D eigenvalue weighted by Gasteiger charge is -2.15. The fraction of sp³-hybridized carbons (Fsp3) is 0.0556. The molecule has 0 radical (unpaired) electrons. The van der Waals surface area contributed by atoms with Crippen molar-refractivity contribution in [1.29, 1.82) is 0 Å². The van der Waals surface area contributed by atoms with Crippen molar-refractivity contribution in [2.75, 3.05) is 0 Å². The van der Waals surface area contributed by atoms with Crippen molar-refractivity contribution in [1.82, 2.24) is 5.32 Å². The van der Waals surface area contributed by atoms with Crippen LogP contribution in [-0.2, 0) is 11.2 Å². The van der Waals surface area contributed by atoms with E-state index < -0.39 is 17.9 Å². The van der Waals surface area contributed by atoms with Gasteiger partial charge in [0.1, 0.15) is 11.3 Å². The van der Waals surface area contributed by atoms with Crippen molar-refractivity contribution in [3.05, 3.63) is 156 Å². The molecule has 2 N–H and O–H groups in total. The maximum Gasteiger partial charge on any atom is 0.330 e. The van der Waals surface area contributed by atoms with E-state index in [1.165, 1.54) is 5.56 Å². The van der Waals surface area contributed by atoms with E-state index in [-0.39, 0.29) is 0 Å². The average Bonchev–Trinajstić information content (AvgIpc) is 3.38. The van der Waals surface area contributed by atoms with Crippen LogP contribution in [0, 0.1) is 0 Å². The summed E-state index contributed by atoms with van der Waals surface area (Å²) in [6.45, 7) is 0. The highest BCUT2D eigenvalue weighted by Crippen LogP contribution is 2.37. The summed E-state index contributed by atoms with van der Waals surface area (Å²) in [5.74, 6) is -0.629. The van der Waals surface area contributed by atoms with E-state index in [1.54, 1.807) is 42.5 Å². The lowest BCUT2D eigenvalue weighted by Crippen LogP contribution is -2.33. The molecule has 0 saturated carbocycles. The molecule has 1 heterocycles. The van der Waals surface area contributed by atoms with E-state index in [0.717, 1.165) is 39.0 Å². The number of furan rings is 1. The first kappa shape index (κ1) is 25.8. The van der Waals surface area contributed by atoms with Gasteiger partial charge in [-0.3, -0.25) is 4.79 Å². The second kappa shape index (κ2) is 11.4. The Balaban J connectivity index is 1.23. The number of carbonyl (C=O) groups is 2. The van der Waals surface area contributed by atoms with Crippen molar-refractivity contribution >= 4 is 22.8 Å². The van der Waals surface area contributed by atoms with Crippen LogP contribution in [0.15, 0.2) is 138 Å². The monoisotopic (exact) mass is 537 g/mol. The molecule has 0 aliphatic heterocycles. The van der Waals surface area contributed by atoms with Gasteiger partial charge in [0.15, 0.2) is 6.04 Å². The number of aliphatic carboxylic acids is 1. The summed E-state index contributed by atoms with van der Waals surface area (Å²) in [7, 11) is 0. The summed E-state index contributed by atoms with van der Waals surface area (Å²) in [5.41, 5.74) is 7.08. The Morgan fingerprint density at radius 2 is 1.22 bits per heavy atom. The van der Waals surface area contributed by atoms with Gasteiger partial charge in [0.25, 0.3) is 5.91 Å². The fourth-order valence-electron chi connectivity index (χ4n) is 5.11. The van der Waals surface area contributed by atoms with Crippen molar-refractivity contribution in [3.63, 3.8) is 0 Å². The molecule has 5 nitrogen and oxygen atoms in total. The van der Waals surface area contributed by atoms with Gasteiger partial charge in [-0.15, -0.1) is 0 Å². The number of carboxylic acids is 1. The summed E-state index contributed by atoms with van der Waals surface area (Å²) in [6, 6.07) is 41.4. The fourth-order valence-corrected chi connectivity index (χ4v) is 5.11. The number of amides is 1. The molecule has 1 amide bonds. The summed E-state index contributed by atoms with van der Waals surface area (Å²) >= 11 is 0. The predicted octanol–water partition coefficient (Wildman–Crippen LogP) is 7.91. The molecule has 5 aromatic carbocycles. The van der Waals surface area contributed by atoms with Crippen LogP contribution in [0.3, 0.4) is 0 Å². The first-order chi connectivity index (χ1) is 20.1. The van der Waals surface area contributed by atoms with E-state index >= 15 is 0 Å². The van der Waals surface area contributed by atoms with E-state index in [2.05, 4.69) is 47.8 Å². The van der Waals surface area contributed by atoms with Gasteiger partial charge in [-0.2, -0.15) is 0 Å². The number of para-hydroxylation sites is 1. The second-order valence-corrected chi connectivity index (χ2v) is 9.87. The SMILES string of the molecule is O=C(NC(C(=O)O)c1ccccc1)c1ccc(-c2ccc(-c3c(Cc4ccccc4)oc4ccccc34)cc2)cc1. The third-order valence-corrected chi connectivity index (χ3v) is 7.19.